The molecule has 0 unspecified atom stereocenters. The number of aromatic nitrogens is 2. The molecule has 9 heteroatoms. The molecule has 1 aliphatic carbocycles. The predicted octanol–water partition coefficient (Wildman–Crippen LogP) is 4.77. The topological polar surface area (TPSA) is 83.4 Å². The van der Waals surface area contributed by atoms with Crippen molar-refractivity contribution in [1.29, 1.82) is 0 Å². The molecule has 0 bridgehead atoms. The van der Waals surface area contributed by atoms with Gasteiger partial charge in [0.05, 0.1) is 17.5 Å². The Bertz CT molecular complexity index is 1040. The van der Waals surface area contributed by atoms with Crippen LogP contribution in [0.4, 0.5) is 13.2 Å². The molecule has 2 aromatic rings. The third kappa shape index (κ3) is 6.25. The van der Waals surface area contributed by atoms with E-state index in [1.165, 1.54) is 12.1 Å². The lowest BCUT2D eigenvalue weighted by atomic mass is 9.74. The van der Waals surface area contributed by atoms with Crippen molar-refractivity contribution in [2.75, 3.05) is 13.1 Å². The van der Waals surface area contributed by atoms with Crippen molar-refractivity contribution in [2.24, 2.45) is 11.8 Å². The molecule has 1 N–H and O–H groups in total. The van der Waals surface area contributed by atoms with Crippen molar-refractivity contribution < 1.29 is 27.9 Å². The van der Waals surface area contributed by atoms with Gasteiger partial charge in [0.2, 0.25) is 5.91 Å². The molecule has 2 heterocycles. The first-order chi connectivity index (χ1) is 16.6. The van der Waals surface area contributed by atoms with E-state index in [-0.39, 0.29) is 24.3 Å². The Morgan fingerprint density at radius 2 is 1.86 bits per heavy atom. The molecule has 1 aromatic heterocycles. The summed E-state index contributed by atoms with van der Waals surface area (Å²) < 4.78 is 38.6. The lowest BCUT2D eigenvalue weighted by Crippen LogP contribution is -2.33. The molecule has 188 valence electrons. The van der Waals surface area contributed by atoms with Crippen LogP contribution in [-0.2, 0) is 16.6 Å². The van der Waals surface area contributed by atoms with E-state index >= 15 is 0 Å². The van der Waals surface area contributed by atoms with E-state index in [9.17, 15) is 27.9 Å². The standard InChI is InChI=1S/C26H30F3N3O3/c27-26(28,29)21-3-1-2-20(15-21)22(33)4-5-24(34)32-13-8-19(17-32)14-18-6-9-25(35,10-7-18)23-16-30-11-12-31-23/h1-3,11-12,15-16,18-19,35H,4-10,13-14,17H2/t18?,19-,25?/m1/s1. The summed E-state index contributed by atoms with van der Waals surface area (Å²) in [7, 11) is 0. The quantitative estimate of drug-likeness (QED) is 0.567. The van der Waals surface area contributed by atoms with Crippen LogP contribution in [0.1, 0.15) is 73.0 Å². The van der Waals surface area contributed by atoms with Crippen LogP contribution < -0.4 is 0 Å². The fourth-order valence-electron chi connectivity index (χ4n) is 5.30. The zero-order valence-corrected chi connectivity index (χ0v) is 19.5. The Balaban J connectivity index is 1.21. The van der Waals surface area contributed by atoms with E-state index < -0.39 is 23.1 Å². The third-order valence-corrected chi connectivity index (χ3v) is 7.36. The summed E-state index contributed by atoms with van der Waals surface area (Å²) in [5.41, 5.74) is -1.19. The first kappa shape index (κ1) is 25.3. The number of Topliss-reactive ketones (excluding diaryl/α,β-unsaturated/α-hetero) is 1. The zero-order chi connectivity index (χ0) is 25.1. The van der Waals surface area contributed by atoms with Crippen molar-refractivity contribution in [3.8, 4) is 0 Å². The van der Waals surface area contributed by atoms with Gasteiger partial charge in [0.15, 0.2) is 5.78 Å². The highest BCUT2D eigenvalue weighted by Gasteiger charge is 2.38. The van der Waals surface area contributed by atoms with Crippen molar-refractivity contribution in [1.82, 2.24) is 14.9 Å². The van der Waals surface area contributed by atoms with E-state index in [0.29, 0.717) is 43.5 Å². The number of carbonyl (C=O) groups is 2. The van der Waals surface area contributed by atoms with Gasteiger partial charge in [0.1, 0.15) is 5.60 Å². The molecule has 0 radical (unpaired) electrons. The lowest BCUT2D eigenvalue weighted by molar-refractivity contribution is -0.137. The Kier molecular flexibility index (Phi) is 7.54. The summed E-state index contributed by atoms with van der Waals surface area (Å²) in [6.45, 7) is 1.28. The summed E-state index contributed by atoms with van der Waals surface area (Å²) in [5, 5.41) is 10.9. The monoisotopic (exact) mass is 489 g/mol. The normalized spacial score (nSPS) is 25.0. The summed E-state index contributed by atoms with van der Waals surface area (Å²) in [6, 6.07) is 4.33. The molecule has 4 rings (SSSR count). The second-order valence-corrected chi connectivity index (χ2v) is 9.80. The highest BCUT2D eigenvalue weighted by Crippen LogP contribution is 2.41. The lowest BCUT2D eigenvalue weighted by Gasteiger charge is -2.36. The number of halogens is 3. The average molecular weight is 490 g/mol. The number of alkyl halides is 3. The summed E-state index contributed by atoms with van der Waals surface area (Å²) in [6.07, 6.45) is 5.15. The molecular weight excluding hydrogens is 459 g/mol. The van der Waals surface area contributed by atoms with Crippen LogP contribution >= 0.6 is 0 Å². The average Bonchev–Trinajstić information content (AvgIpc) is 3.32. The number of aliphatic hydroxyl groups is 1. The molecule has 1 saturated heterocycles. The number of rotatable bonds is 7. The molecule has 35 heavy (non-hydrogen) atoms. The molecule has 2 fully saturated rings. The third-order valence-electron chi connectivity index (χ3n) is 7.36. The summed E-state index contributed by atoms with van der Waals surface area (Å²) >= 11 is 0. The van der Waals surface area contributed by atoms with Crippen molar-refractivity contribution >= 4 is 11.7 Å². The van der Waals surface area contributed by atoms with Gasteiger partial charge < -0.3 is 10.0 Å². The minimum Gasteiger partial charge on any atom is -0.383 e. The Morgan fingerprint density at radius 3 is 2.54 bits per heavy atom. The van der Waals surface area contributed by atoms with Crippen molar-refractivity contribution in [2.45, 2.75) is 63.1 Å². The number of benzene rings is 1. The van der Waals surface area contributed by atoms with E-state index in [1.54, 1.807) is 23.5 Å². The number of hydrogen-bond donors (Lipinski definition) is 1. The van der Waals surface area contributed by atoms with Gasteiger partial charge in [-0.3, -0.25) is 19.6 Å². The van der Waals surface area contributed by atoms with Crippen molar-refractivity contribution in [3.63, 3.8) is 0 Å². The molecule has 1 amide bonds. The molecule has 6 nitrogen and oxygen atoms in total. The maximum absolute atomic E-state index is 12.9. The number of carbonyl (C=O) groups excluding carboxylic acids is 2. The second kappa shape index (κ2) is 10.4. The Morgan fingerprint density at radius 1 is 1.09 bits per heavy atom. The molecule has 0 spiro atoms. The van der Waals surface area contributed by atoms with Gasteiger partial charge in [0, 0.05) is 43.9 Å². The second-order valence-electron chi connectivity index (χ2n) is 9.80. The van der Waals surface area contributed by atoms with E-state index in [0.717, 1.165) is 37.8 Å². The Labute approximate surface area is 202 Å². The van der Waals surface area contributed by atoms with Gasteiger partial charge in [-0.2, -0.15) is 13.2 Å². The maximum atomic E-state index is 12.9. The van der Waals surface area contributed by atoms with Gasteiger partial charge in [0.25, 0.3) is 0 Å². The molecular formula is C26H30F3N3O3. The maximum Gasteiger partial charge on any atom is 0.416 e. The van der Waals surface area contributed by atoms with Crippen LogP contribution in [0.3, 0.4) is 0 Å². The largest absolute Gasteiger partial charge is 0.416 e. The minimum atomic E-state index is -4.51. The molecule has 2 aliphatic rings. The van der Waals surface area contributed by atoms with Gasteiger partial charge in [-0.15, -0.1) is 0 Å². The number of ketones is 1. The number of hydrogen-bond acceptors (Lipinski definition) is 5. The van der Waals surface area contributed by atoms with Crippen LogP contribution in [-0.4, -0.2) is 44.8 Å². The van der Waals surface area contributed by atoms with Crippen LogP contribution in [0, 0.1) is 11.8 Å². The Hall–Kier alpha value is -2.81. The number of likely N-dealkylation sites (tertiary alicyclic amines) is 1. The van der Waals surface area contributed by atoms with Gasteiger partial charge >= 0.3 is 6.18 Å². The zero-order valence-electron chi connectivity index (χ0n) is 19.5. The van der Waals surface area contributed by atoms with Crippen LogP contribution in [0.5, 0.6) is 0 Å². The smallest absolute Gasteiger partial charge is 0.383 e. The fraction of sp³-hybridized carbons (Fsp3) is 0.538. The summed E-state index contributed by atoms with van der Waals surface area (Å²) in [4.78, 5) is 35.1. The first-order valence-electron chi connectivity index (χ1n) is 12.1. The van der Waals surface area contributed by atoms with Crippen LogP contribution in [0.2, 0.25) is 0 Å². The SMILES string of the molecule is O=C(CCC(=O)N1CC[C@H](CC2CCC(O)(c3cnccn3)CC2)C1)c1cccc(C(F)(F)F)c1. The van der Waals surface area contributed by atoms with Crippen LogP contribution in [0.25, 0.3) is 0 Å². The number of nitrogens with zero attached hydrogens (tertiary/aromatic N) is 3. The predicted molar refractivity (Wildman–Crippen MR) is 122 cm³/mol. The fourth-order valence-corrected chi connectivity index (χ4v) is 5.30. The molecule has 1 aromatic carbocycles. The highest BCUT2D eigenvalue weighted by molar-refractivity contribution is 5.98. The van der Waals surface area contributed by atoms with Crippen molar-refractivity contribution in [3.05, 3.63) is 59.7 Å². The van der Waals surface area contributed by atoms with Crippen LogP contribution in [0.15, 0.2) is 42.9 Å². The number of amides is 1. The first-order valence-corrected chi connectivity index (χ1v) is 12.1. The molecule has 1 atom stereocenters. The highest BCUT2D eigenvalue weighted by atomic mass is 19.4. The van der Waals surface area contributed by atoms with Gasteiger partial charge in [-0.05, 0) is 62.5 Å². The van der Waals surface area contributed by atoms with E-state index in [1.807, 2.05) is 0 Å². The summed E-state index contributed by atoms with van der Waals surface area (Å²) in [5.74, 6) is 0.270. The van der Waals surface area contributed by atoms with E-state index in [4.69, 9.17) is 0 Å². The van der Waals surface area contributed by atoms with Gasteiger partial charge in [-0.1, -0.05) is 12.1 Å². The molecule has 1 aliphatic heterocycles. The minimum absolute atomic E-state index is 0.00360. The van der Waals surface area contributed by atoms with E-state index in [2.05, 4.69) is 9.97 Å². The van der Waals surface area contributed by atoms with Gasteiger partial charge in [-0.25, -0.2) is 0 Å². The molecule has 1 saturated carbocycles.